The van der Waals surface area contributed by atoms with Crippen LogP contribution in [0.25, 0.3) is 11.0 Å². The van der Waals surface area contributed by atoms with E-state index in [4.69, 9.17) is 5.73 Å². The number of imidazole rings is 1. The Labute approximate surface area is 116 Å². The number of unbranched alkanes of at least 4 members (excludes halogenated alkanes) is 1. The van der Waals surface area contributed by atoms with Gasteiger partial charge in [0.05, 0.1) is 16.6 Å². The highest BCUT2D eigenvalue weighted by molar-refractivity contribution is 6.01. The molecule has 0 atom stereocenters. The molecule has 0 spiro atoms. The van der Waals surface area contributed by atoms with E-state index in [2.05, 4.69) is 4.98 Å². The first-order chi connectivity index (χ1) is 9.50. The molecule has 3 N–H and O–H groups in total. The number of nitrogens with zero attached hydrogens (tertiary/aromatic N) is 2. The van der Waals surface area contributed by atoms with Crippen LogP contribution in [0.4, 0.5) is 0 Å². The molecular weight excluding hydrogens is 258 g/mol. The molecule has 0 bridgehead atoms. The third-order valence-corrected chi connectivity index (χ3v) is 3.24. The Morgan fingerprint density at radius 2 is 2.10 bits per heavy atom. The molecule has 0 aliphatic heterocycles. The minimum Gasteiger partial charge on any atom is -0.478 e. The van der Waals surface area contributed by atoms with E-state index in [1.165, 1.54) is 0 Å². The smallest absolute Gasteiger partial charge is 0.337 e. The Balaban J connectivity index is 2.30. The molecule has 0 aliphatic carbocycles. The van der Waals surface area contributed by atoms with Gasteiger partial charge in [-0.05, 0) is 31.9 Å². The van der Waals surface area contributed by atoms with E-state index in [1.54, 1.807) is 18.2 Å². The number of amides is 1. The number of hydrogen-bond acceptors (Lipinski definition) is 3. The molecular formula is C14H17N3O3. The quantitative estimate of drug-likeness (QED) is 0.784. The molecule has 0 aliphatic rings. The van der Waals surface area contributed by atoms with E-state index < -0.39 is 5.97 Å². The van der Waals surface area contributed by atoms with Gasteiger partial charge in [-0.15, -0.1) is 0 Å². The zero-order valence-corrected chi connectivity index (χ0v) is 11.3. The molecule has 1 heterocycles. The Hall–Kier alpha value is -2.37. The van der Waals surface area contributed by atoms with Crippen LogP contribution in [0.3, 0.4) is 0 Å². The highest BCUT2D eigenvalue weighted by Crippen LogP contribution is 2.21. The second-order valence-electron chi connectivity index (χ2n) is 4.71. The monoisotopic (exact) mass is 275 g/mol. The van der Waals surface area contributed by atoms with E-state index in [0.717, 1.165) is 12.2 Å². The maximum Gasteiger partial charge on any atom is 0.337 e. The number of carbonyl (C=O) groups excluding carboxylic acids is 1. The lowest BCUT2D eigenvalue weighted by molar-refractivity contribution is -0.118. The van der Waals surface area contributed by atoms with Gasteiger partial charge in [-0.25, -0.2) is 9.78 Å². The maximum atomic E-state index is 11.3. The summed E-state index contributed by atoms with van der Waals surface area (Å²) in [5.41, 5.74) is 6.66. The number of rotatable bonds is 6. The fraction of sp³-hybridized carbons (Fsp3) is 0.357. The van der Waals surface area contributed by atoms with Crippen molar-refractivity contribution in [2.24, 2.45) is 5.73 Å². The van der Waals surface area contributed by atoms with Crippen molar-refractivity contribution in [1.29, 1.82) is 0 Å². The Morgan fingerprint density at radius 3 is 2.75 bits per heavy atom. The number of aromatic nitrogens is 2. The van der Waals surface area contributed by atoms with E-state index >= 15 is 0 Å². The minimum atomic E-state index is -0.964. The molecule has 1 aromatic heterocycles. The second-order valence-corrected chi connectivity index (χ2v) is 4.71. The number of fused-ring (bicyclic) bond motifs is 1. The lowest BCUT2D eigenvalue weighted by atomic mass is 10.1. The van der Waals surface area contributed by atoms with Crippen molar-refractivity contribution in [3.05, 3.63) is 29.6 Å². The van der Waals surface area contributed by atoms with Gasteiger partial charge in [0.1, 0.15) is 5.82 Å². The number of aromatic carboxylic acids is 1. The van der Waals surface area contributed by atoms with Crippen molar-refractivity contribution in [3.63, 3.8) is 0 Å². The van der Waals surface area contributed by atoms with E-state index in [-0.39, 0.29) is 11.5 Å². The van der Waals surface area contributed by atoms with Gasteiger partial charge in [0.15, 0.2) is 0 Å². The highest BCUT2D eigenvalue weighted by atomic mass is 16.4. The minimum absolute atomic E-state index is 0.248. The van der Waals surface area contributed by atoms with Crippen molar-refractivity contribution in [2.75, 3.05) is 0 Å². The summed E-state index contributed by atoms with van der Waals surface area (Å²) in [6.45, 7) is 2.47. The van der Waals surface area contributed by atoms with Gasteiger partial charge in [-0.3, -0.25) is 4.79 Å². The van der Waals surface area contributed by atoms with Crippen LogP contribution in [-0.2, 0) is 11.3 Å². The number of benzene rings is 1. The number of nitrogens with two attached hydrogens (primary N) is 1. The van der Waals surface area contributed by atoms with Crippen molar-refractivity contribution in [2.45, 2.75) is 32.7 Å². The molecule has 0 fully saturated rings. The van der Waals surface area contributed by atoms with E-state index in [1.807, 2.05) is 11.5 Å². The molecule has 0 unspecified atom stereocenters. The highest BCUT2D eigenvalue weighted by Gasteiger charge is 2.15. The first-order valence-corrected chi connectivity index (χ1v) is 6.48. The van der Waals surface area contributed by atoms with E-state index in [9.17, 15) is 14.7 Å². The second kappa shape index (κ2) is 5.73. The third kappa shape index (κ3) is 2.79. The number of primary amides is 1. The normalized spacial score (nSPS) is 10.8. The van der Waals surface area contributed by atoms with Gasteiger partial charge in [0.25, 0.3) is 0 Å². The van der Waals surface area contributed by atoms with Crippen LogP contribution in [0.5, 0.6) is 0 Å². The maximum absolute atomic E-state index is 11.3. The van der Waals surface area contributed by atoms with Gasteiger partial charge in [-0.2, -0.15) is 0 Å². The Bertz CT molecular complexity index is 661. The summed E-state index contributed by atoms with van der Waals surface area (Å²) in [5, 5.41) is 9.26. The average molecular weight is 275 g/mol. The standard InChI is InChI=1S/C14H17N3O3/c1-9-16-11-6-4-5-10(14(19)20)13(11)17(9)8-3-2-7-12(15)18/h4-6H,2-3,7-8H2,1H3,(H2,15,18)(H,19,20). The summed E-state index contributed by atoms with van der Waals surface area (Å²) in [6, 6.07) is 5.07. The summed E-state index contributed by atoms with van der Waals surface area (Å²) in [7, 11) is 0. The average Bonchev–Trinajstić information content (AvgIpc) is 2.70. The first kappa shape index (κ1) is 14.0. The number of aryl methyl sites for hydroxylation is 2. The number of carbonyl (C=O) groups is 2. The SMILES string of the molecule is Cc1nc2cccc(C(=O)O)c2n1CCCCC(N)=O. The number of carboxylic acid groups (broad SMARTS) is 1. The predicted octanol–water partition coefficient (Wildman–Crippen LogP) is 1.70. The molecule has 0 saturated heterocycles. The molecule has 106 valence electrons. The predicted molar refractivity (Wildman–Crippen MR) is 74.5 cm³/mol. The number of carboxylic acids is 1. The van der Waals surface area contributed by atoms with Crippen LogP contribution >= 0.6 is 0 Å². The molecule has 6 nitrogen and oxygen atoms in total. The van der Waals surface area contributed by atoms with Gasteiger partial charge in [0, 0.05) is 13.0 Å². The number of hydrogen-bond donors (Lipinski definition) is 2. The summed E-state index contributed by atoms with van der Waals surface area (Å²) < 4.78 is 1.89. The summed E-state index contributed by atoms with van der Waals surface area (Å²) in [4.78, 5) is 26.4. The molecule has 0 saturated carbocycles. The van der Waals surface area contributed by atoms with Gasteiger partial charge in [-0.1, -0.05) is 6.07 Å². The van der Waals surface area contributed by atoms with Crippen molar-refractivity contribution < 1.29 is 14.7 Å². The Kier molecular flexibility index (Phi) is 4.02. The van der Waals surface area contributed by atoms with E-state index in [0.29, 0.717) is 30.4 Å². The molecule has 0 radical (unpaired) electrons. The van der Waals surface area contributed by atoms with Gasteiger partial charge >= 0.3 is 5.97 Å². The molecule has 2 rings (SSSR count). The lowest BCUT2D eigenvalue weighted by Crippen LogP contribution is -2.11. The fourth-order valence-electron chi connectivity index (χ4n) is 2.32. The summed E-state index contributed by atoms with van der Waals surface area (Å²) >= 11 is 0. The molecule has 1 amide bonds. The molecule has 20 heavy (non-hydrogen) atoms. The summed E-state index contributed by atoms with van der Waals surface area (Å²) in [5.74, 6) is -0.509. The molecule has 6 heteroatoms. The van der Waals surface area contributed by atoms with Crippen LogP contribution in [0.1, 0.15) is 35.4 Å². The zero-order valence-electron chi connectivity index (χ0n) is 11.3. The van der Waals surface area contributed by atoms with Crippen LogP contribution in [-0.4, -0.2) is 26.5 Å². The Morgan fingerprint density at radius 1 is 1.35 bits per heavy atom. The van der Waals surface area contributed by atoms with Gasteiger partial charge in [0.2, 0.25) is 5.91 Å². The molecule has 2 aromatic rings. The summed E-state index contributed by atoms with van der Waals surface area (Å²) in [6.07, 6.45) is 1.78. The lowest BCUT2D eigenvalue weighted by Gasteiger charge is -2.08. The van der Waals surface area contributed by atoms with Crippen LogP contribution in [0, 0.1) is 6.92 Å². The van der Waals surface area contributed by atoms with Crippen molar-refractivity contribution in [1.82, 2.24) is 9.55 Å². The van der Waals surface area contributed by atoms with Crippen LogP contribution in [0.2, 0.25) is 0 Å². The fourth-order valence-corrected chi connectivity index (χ4v) is 2.32. The first-order valence-electron chi connectivity index (χ1n) is 6.48. The van der Waals surface area contributed by atoms with Crippen molar-refractivity contribution in [3.8, 4) is 0 Å². The zero-order chi connectivity index (χ0) is 14.7. The van der Waals surface area contributed by atoms with Crippen LogP contribution in [0.15, 0.2) is 18.2 Å². The number of para-hydroxylation sites is 1. The van der Waals surface area contributed by atoms with Crippen LogP contribution < -0.4 is 5.73 Å². The molecule has 1 aromatic carbocycles. The topological polar surface area (TPSA) is 98.2 Å². The van der Waals surface area contributed by atoms with Gasteiger partial charge < -0.3 is 15.4 Å². The third-order valence-electron chi connectivity index (χ3n) is 3.24. The van der Waals surface area contributed by atoms with Crippen molar-refractivity contribution >= 4 is 22.9 Å². The largest absolute Gasteiger partial charge is 0.478 e.